The molecule has 0 atom stereocenters. The Morgan fingerprint density at radius 3 is 2.55 bits per heavy atom. The number of carbonyl (C=O) groups excluding carboxylic acids is 2. The van der Waals surface area contributed by atoms with Gasteiger partial charge >= 0.3 is 0 Å². The van der Waals surface area contributed by atoms with Gasteiger partial charge in [0.25, 0.3) is 5.91 Å². The highest BCUT2D eigenvalue weighted by atomic mass is 19.1. The van der Waals surface area contributed by atoms with E-state index in [4.69, 9.17) is 5.11 Å². The number of hydrogen-bond acceptors (Lipinski definition) is 3. The van der Waals surface area contributed by atoms with Crippen molar-refractivity contribution in [3.63, 3.8) is 0 Å². The summed E-state index contributed by atoms with van der Waals surface area (Å²) >= 11 is 0. The number of aliphatic hydroxyl groups is 1. The lowest BCUT2D eigenvalue weighted by molar-refractivity contribution is -0.120. The van der Waals surface area contributed by atoms with Crippen molar-refractivity contribution in [3.05, 3.63) is 35.4 Å². The third-order valence-electron chi connectivity index (χ3n) is 2.47. The fourth-order valence-electron chi connectivity index (χ4n) is 1.45. The number of hydrogen-bond donors (Lipinski definition) is 3. The van der Waals surface area contributed by atoms with Crippen molar-refractivity contribution in [2.45, 2.75) is 12.8 Å². The summed E-state index contributed by atoms with van der Waals surface area (Å²) < 4.78 is 26.0. The van der Waals surface area contributed by atoms with E-state index < -0.39 is 17.5 Å². The van der Waals surface area contributed by atoms with Crippen molar-refractivity contribution in [1.29, 1.82) is 0 Å². The van der Waals surface area contributed by atoms with E-state index in [0.29, 0.717) is 19.0 Å². The molecule has 0 aliphatic heterocycles. The molecule has 0 heterocycles. The number of amides is 2. The van der Waals surface area contributed by atoms with Crippen LogP contribution in [0.25, 0.3) is 0 Å². The summed E-state index contributed by atoms with van der Waals surface area (Å²) in [5, 5.41) is 13.4. The molecule has 0 saturated carbocycles. The Kier molecular flexibility index (Phi) is 6.58. The minimum Gasteiger partial charge on any atom is -0.396 e. The summed E-state index contributed by atoms with van der Waals surface area (Å²) in [7, 11) is 0. The number of halogens is 2. The molecule has 0 saturated heterocycles. The van der Waals surface area contributed by atoms with Gasteiger partial charge < -0.3 is 15.7 Å². The Balaban J connectivity index is 2.34. The highest BCUT2D eigenvalue weighted by molar-refractivity contribution is 5.94. The molecular weight excluding hydrogens is 270 g/mol. The van der Waals surface area contributed by atoms with E-state index in [1.54, 1.807) is 0 Å². The summed E-state index contributed by atoms with van der Waals surface area (Å²) in [6, 6.07) is 2.65. The molecule has 3 N–H and O–H groups in total. The minimum absolute atomic E-state index is 0.0130. The molecule has 20 heavy (non-hydrogen) atoms. The second-order valence-electron chi connectivity index (χ2n) is 4.06. The molecule has 0 bridgehead atoms. The normalized spacial score (nSPS) is 10.2. The minimum atomic E-state index is -0.949. The number of nitrogens with one attached hydrogen (secondary N) is 2. The molecular formula is C13H16F2N2O3. The first-order chi connectivity index (χ1) is 9.54. The van der Waals surface area contributed by atoms with Crippen molar-refractivity contribution in [1.82, 2.24) is 10.6 Å². The topological polar surface area (TPSA) is 78.4 Å². The Morgan fingerprint density at radius 2 is 1.90 bits per heavy atom. The maximum Gasteiger partial charge on any atom is 0.254 e. The van der Waals surface area contributed by atoms with E-state index in [1.807, 2.05) is 0 Å². The third kappa shape index (κ3) is 5.31. The Labute approximate surface area is 115 Å². The van der Waals surface area contributed by atoms with Crippen molar-refractivity contribution in [3.8, 4) is 0 Å². The van der Waals surface area contributed by atoms with Gasteiger partial charge in [-0.3, -0.25) is 9.59 Å². The van der Waals surface area contributed by atoms with Crippen molar-refractivity contribution in [2.24, 2.45) is 0 Å². The number of aliphatic hydroxyl groups excluding tert-OH is 1. The van der Waals surface area contributed by atoms with E-state index in [0.717, 1.165) is 12.1 Å². The molecule has 110 valence electrons. The molecule has 0 fully saturated rings. The Morgan fingerprint density at radius 1 is 1.15 bits per heavy atom. The van der Waals surface area contributed by atoms with Crippen LogP contribution in [-0.2, 0) is 4.79 Å². The molecule has 0 radical (unpaired) electrons. The zero-order chi connectivity index (χ0) is 15.0. The van der Waals surface area contributed by atoms with E-state index in [1.165, 1.54) is 0 Å². The Hall–Kier alpha value is -2.02. The first-order valence-electron chi connectivity index (χ1n) is 6.15. The molecule has 0 spiro atoms. The van der Waals surface area contributed by atoms with Gasteiger partial charge in [0.2, 0.25) is 5.91 Å². The van der Waals surface area contributed by atoms with Gasteiger partial charge in [-0.25, -0.2) is 8.78 Å². The molecule has 1 aromatic rings. The second-order valence-corrected chi connectivity index (χ2v) is 4.06. The lowest BCUT2D eigenvalue weighted by atomic mass is 10.2. The molecule has 5 nitrogen and oxygen atoms in total. The van der Waals surface area contributed by atoms with E-state index in [2.05, 4.69) is 10.6 Å². The predicted octanol–water partition coefficient (Wildman–Crippen LogP) is 0.583. The standard InChI is InChI=1S/C13H16F2N2O3/c14-9-2-3-10(11(15)8-9)13(20)17-6-4-12(19)16-5-1-7-18/h2-3,8,18H,1,4-7H2,(H,16,19)(H,17,20). The number of carbonyl (C=O) groups is 2. The highest BCUT2D eigenvalue weighted by Gasteiger charge is 2.12. The second kappa shape index (κ2) is 8.21. The fourth-order valence-corrected chi connectivity index (χ4v) is 1.45. The van der Waals surface area contributed by atoms with Gasteiger partial charge in [-0.2, -0.15) is 0 Å². The first-order valence-corrected chi connectivity index (χ1v) is 6.15. The van der Waals surface area contributed by atoms with Crippen LogP contribution in [0.5, 0.6) is 0 Å². The molecule has 0 unspecified atom stereocenters. The third-order valence-corrected chi connectivity index (χ3v) is 2.47. The molecule has 1 rings (SSSR count). The average Bonchev–Trinajstić information content (AvgIpc) is 2.38. The van der Waals surface area contributed by atoms with Crippen LogP contribution in [0.2, 0.25) is 0 Å². The lowest BCUT2D eigenvalue weighted by Crippen LogP contribution is -2.31. The monoisotopic (exact) mass is 286 g/mol. The lowest BCUT2D eigenvalue weighted by Gasteiger charge is -2.07. The van der Waals surface area contributed by atoms with Crippen LogP contribution in [0, 0.1) is 11.6 Å². The van der Waals surface area contributed by atoms with Crippen LogP contribution >= 0.6 is 0 Å². The van der Waals surface area contributed by atoms with Crippen LogP contribution in [-0.4, -0.2) is 36.6 Å². The van der Waals surface area contributed by atoms with Gasteiger partial charge in [0.15, 0.2) is 0 Å². The van der Waals surface area contributed by atoms with Crippen LogP contribution in [0.3, 0.4) is 0 Å². The smallest absolute Gasteiger partial charge is 0.254 e. The molecule has 0 aliphatic carbocycles. The summed E-state index contributed by atoms with van der Waals surface area (Å²) in [5.74, 6) is -2.69. The Bertz CT molecular complexity index is 481. The molecule has 0 aromatic heterocycles. The molecule has 7 heteroatoms. The zero-order valence-electron chi connectivity index (χ0n) is 10.8. The van der Waals surface area contributed by atoms with E-state index >= 15 is 0 Å². The predicted molar refractivity (Wildman–Crippen MR) is 68.0 cm³/mol. The van der Waals surface area contributed by atoms with Crippen molar-refractivity contribution in [2.75, 3.05) is 19.7 Å². The maximum atomic E-state index is 13.3. The summed E-state index contributed by atoms with van der Waals surface area (Å²) in [6.07, 6.45) is 0.499. The van der Waals surface area contributed by atoms with Crippen LogP contribution in [0.15, 0.2) is 18.2 Å². The van der Waals surface area contributed by atoms with Crippen LogP contribution < -0.4 is 10.6 Å². The average molecular weight is 286 g/mol. The summed E-state index contributed by atoms with van der Waals surface area (Å²) in [5.41, 5.74) is -0.271. The largest absolute Gasteiger partial charge is 0.396 e. The molecule has 1 aromatic carbocycles. The van der Waals surface area contributed by atoms with Gasteiger partial charge in [0.05, 0.1) is 5.56 Å². The van der Waals surface area contributed by atoms with Gasteiger partial charge in [0, 0.05) is 32.2 Å². The first kappa shape index (κ1) is 16.0. The fraction of sp³-hybridized carbons (Fsp3) is 0.385. The van der Waals surface area contributed by atoms with E-state index in [9.17, 15) is 18.4 Å². The summed E-state index contributed by atoms with van der Waals surface area (Å²) in [4.78, 5) is 22.9. The molecule has 2 amide bonds. The van der Waals surface area contributed by atoms with Crippen molar-refractivity contribution >= 4 is 11.8 Å². The summed E-state index contributed by atoms with van der Waals surface area (Å²) in [6.45, 7) is 0.386. The maximum absolute atomic E-state index is 13.3. The SMILES string of the molecule is O=C(CCNC(=O)c1ccc(F)cc1F)NCCCO. The van der Waals surface area contributed by atoms with Gasteiger partial charge in [-0.05, 0) is 18.6 Å². The van der Waals surface area contributed by atoms with Gasteiger partial charge in [-0.15, -0.1) is 0 Å². The number of rotatable bonds is 7. The quantitative estimate of drug-likeness (QED) is 0.642. The molecule has 0 aliphatic rings. The van der Waals surface area contributed by atoms with Gasteiger partial charge in [0.1, 0.15) is 11.6 Å². The van der Waals surface area contributed by atoms with Crippen LogP contribution in [0.4, 0.5) is 8.78 Å². The highest BCUT2D eigenvalue weighted by Crippen LogP contribution is 2.09. The number of benzene rings is 1. The zero-order valence-corrected chi connectivity index (χ0v) is 10.8. The van der Waals surface area contributed by atoms with Crippen molar-refractivity contribution < 1.29 is 23.5 Å². The van der Waals surface area contributed by atoms with Crippen LogP contribution in [0.1, 0.15) is 23.2 Å². The van der Waals surface area contributed by atoms with E-state index in [-0.39, 0.29) is 31.0 Å². The van der Waals surface area contributed by atoms with Gasteiger partial charge in [-0.1, -0.05) is 0 Å².